The lowest BCUT2D eigenvalue weighted by molar-refractivity contribution is -0.114. The first-order valence-corrected chi connectivity index (χ1v) is 8.12. The van der Waals surface area contributed by atoms with E-state index in [-0.39, 0.29) is 12.5 Å². The van der Waals surface area contributed by atoms with Crippen LogP contribution in [0.15, 0.2) is 36.7 Å². The molecule has 9 nitrogen and oxygen atoms in total. The van der Waals surface area contributed by atoms with Gasteiger partial charge in [-0.05, 0) is 36.4 Å². The van der Waals surface area contributed by atoms with Crippen molar-refractivity contribution in [3.05, 3.63) is 36.7 Å². The van der Waals surface area contributed by atoms with Gasteiger partial charge >= 0.3 is 0 Å². The Kier molecular flexibility index (Phi) is 5.03. The highest BCUT2D eigenvalue weighted by atomic mass is 16.1. The van der Waals surface area contributed by atoms with Crippen molar-refractivity contribution >= 4 is 17.3 Å². The smallest absolute Gasteiger partial charge is 0.243 e. The average Bonchev–Trinajstić information content (AvgIpc) is 3.29. The lowest BCUT2D eigenvalue weighted by atomic mass is 10.2. The minimum Gasteiger partial charge on any atom is -0.376 e. The van der Waals surface area contributed by atoms with Gasteiger partial charge in [-0.25, -0.2) is 4.68 Å². The minimum absolute atomic E-state index is 0.139. The maximum Gasteiger partial charge on any atom is 0.243 e. The molecule has 25 heavy (non-hydrogen) atoms. The van der Waals surface area contributed by atoms with Gasteiger partial charge in [-0.15, -0.1) is 5.10 Å². The van der Waals surface area contributed by atoms with E-state index in [9.17, 15) is 4.79 Å². The normalized spacial score (nSPS) is 10.6. The molecule has 0 aliphatic carbocycles. The Morgan fingerprint density at radius 1 is 1.20 bits per heavy atom. The summed E-state index contributed by atoms with van der Waals surface area (Å²) >= 11 is 0. The molecular formula is C16H20N8O. The van der Waals surface area contributed by atoms with E-state index in [1.165, 1.54) is 0 Å². The number of amides is 1. The number of aryl methyl sites for hydroxylation is 2. The van der Waals surface area contributed by atoms with Crippen molar-refractivity contribution < 1.29 is 4.79 Å². The van der Waals surface area contributed by atoms with Gasteiger partial charge in [-0.3, -0.25) is 9.48 Å². The summed E-state index contributed by atoms with van der Waals surface area (Å²) in [6.45, 7) is 5.57. The maximum atomic E-state index is 12.1. The standard InChI is InChI=1S/C16H20N8O/c1-3-23-11-14(9-18-23)19-15(25)10-17-13-7-5-6-12(8-13)16-20-21-22-24(16)4-2/h5-9,11,17H,3-4,10H2,1-2H3,(H,19,25). The first-order valence-electron chi connectivity index (χ1n) is 8.12. The maximum absolute atomic E-state index is 12.1. The van der Waals surface area contributed by atoms with Crippen molar-refractivity contribution in [1.82, 2.24) is 30.0 Å². The molecule has 0 bridgehead atoms. The van der Waals surface area contributed by atoms with Crippen LogP contribution < -0.4 is 10.6 Å². The second-order valence-corrected chi connectivity index (χ2v) is 5.39. The Labute approximate surface area is 145 Å². The van der Waals surface area contributed by atoms with Crippen LogP contribution in [0.5, 0.6) is 0 Å². The largest absolute Gasteiger partial charge is 0.376 e. The van der Waals surface area contributed by atoms with E-state index >= 15 is 0 Å². The van der Waals surface area contributed by atoms with Crippen LogP contribution in [0.2, 0.25) is 0 Å². The van der Waals surface area contributed by atoms with E-state index in [0.717, 1.165) is 17.8 Å². The fourth-order valence-corrected chi connectivity index (χ4v) is 2.38. The third-order valence-corrected chi connectivity index (χ3v) is 3.65. The molecule has 1 amide bonds. The monoisotopic (exact) mass is 340 g/mol. The summed E-state index contributed by atoms with van der Waals surface area (Å²) < 4.78 is 3.47. The first kappa shape index (κ1) is 16.6. The molecule has 0 aliphatic heterocycles. The highest BCUT2D eigenvalue weighted by Crippen LogP contribution is 2.20. The van der Waals surface area contributed by atoms with Crippen molar-refractivity contribution in [2.24, 2.45) is 0 Å². The van der Waals surface area contributed by atoms with Crippen molar-refractivity contribution in [3.8, 4) is 11.4 Å². The highest BCUT2D eigenvalue weighted by Gasteiger charge is 2.09. The van der Waals surface area contributed by atoms with Gasteiger partial charge in [0.2, 0.25) is 5.91 Å². The Bertz CT molecular complexity index is 853. The molecular weight excluding hydrogens is 320 g/mol. The fourth-order valence-electron chi connectivity index (χ4n) is 2.38. The second-order valence-electron chi connectivity index (χ2n) is 5.39. The highest BCUT2D eigenvalue weighted by molar-refractivity contribution is 5.93. The van der Waals surface area contributed by atoms with Gasteiger partial charge in [0.05, 0.1) is 18.4 Å². The van der Waals surface area contributed by atoms with Crippen LogP contribution in [0.25, 0.3) is 11.4 Å². The van der Waals surface area contributed by atoms with E-state index in [1.54, 1.807) is 21.8 Å². The summed E-state index contributed by atoms with van der Waals surface area (Å²) in [5.41, 5.74) is 2.40. The Balaban J connectivity index is 1.61. The number of benzene rings is 1. The van der Waals surface area contributed by atoms with Gasteiger partial charge in [-0.1, -0.05) is 12.1 Å². The molecule has 0 aliphatic rings. The zero-order valence-electron chi connectivity index (χ0n) is 14.2. The van der Waals surface area contributed by atoms with E-state index in [0.29, 0.717) is 18.1 Å². The predicted molar refractivity (Wildman–Crippen MR) is 93.9 cm³/mol. The first-order chi connectivity index (χ1) is 12.2. The van der Waals surface area contributed by atoms with Crippen LogP contribution in [-0.4, -0.2) is 42.4 Å². The summed E-state index contributed by atoms with van der Waals surface area (Å²) in [6.07, 6.45) is 3.43. The second kappa shape index (κ2) is 7.56. The number of hydrogen-bond acceptors (Lipinski definition) is 6. The number of nitrogens with one attached hydrogen (secondary N) is 2. The van der Waals surface area contributed by atoms with Crippen molar-refractivity contribution in [1.29, 1.82) is 0 Å². The number of aromatic nitrogens is 6. The Morgan fingerprint density at radius 3 is 2.84 bits per heavy atom. The van der Waals surface area contributed by atoms with Gasteiger partial charge in [0.15, 0.2) is 5.82 Å². The number of nitrogens with zero attached hydrogens (tertiary/aromatic N) is 6. The van der Waals surface area contributed by atoms with Crippen molar-refractivity contribution in [3.63, 3.8) is 0 Å². The third-order valence-electron chi connectivity index (χ3n) is 3.65. The molecule has 3 aromatic rings. The molecule has 130 valence electrons. The molecule has 0 fully saturated rings. The zero-order valence-corrected chi connectivity index (χ0v) is 14.2. The molecule has 1 aromatic carbocycles. The lowest BCUT2D eigenvalue weighted by Gasteiger charge is -2.08. The van der Waals surface area contributed by atoms with E-state index in [2.05, 4.69) is 31.3 Å². The van der Waals surface area contributed by atoms with Crippen LogP contribution >= 0.6 is 0 Å². The van der Waals surface area contributed by atoms with Crippen molar-refractivity contribution in [2.75, 3.05) is 17.2 Å². The van der Waals surface area contributed by atoms with E-state index in [1.807, 2.05) is 38.1 Å². The minimum atomic E-state index is -0.139. The average molecular weight is 340 g/mol. The molecule has 0 saturated carbocycles. The summed E-state index contributed by atoms with van der Waals surface area (Å²) in [7, 11) is 0. The number of rotatable bonds is 7. The Hall–Kier alpha value is -3.23. The van der Waals surface area contributed by atoms with Crippen LogP contribution in [0.1, 0.15) is 13.8 Å². The van der Waals surface area contributed by atoms with Gasteiger partial charge in [-0.2, -0.15) is 5.10 Å². The van der Waals surface area contributed by atoms with Gasteiger partial charge in [0, 0.05) is 30.5 Å². The molecule has 2 N–H and O–H groups in total. The third kappa shape index (κ3) is 4.00. The summed E-state index contributed by atoms with van der Waals surface area (Å²) in [6, 6.07) is 7.64. The van der Waals surface area contributed by atoms with Crippen LogP contribution in [-0.2, 0) is 17.9 Å². The molecule has 2 heterocycles. The van der Waals surface area contributed by atoms with Gasteiger partial charge < -0.3 is 10.6 Å². The predicted octanol–water partition coefficient (Wildman–Crippen LogP) is 1.63. The molecule has 0 radical (unpaired) electrons. The SMILES string of the molecule is CCn1cc(NC(=O)CNc2cccc(-c3nnnn3CC)c2)cn1. The molecule has 3 rings (SSSR count). The van der Waals surface area contributed by atoms with Gasteiger partial charge in [0.1, 0.15) is 0 Å². The fraction of sp³-hybridized carbons (Fsp3) is 0.312. The van der Waals surface area contributed by atoms with Crippen molar-refractivity contribution in [2.45, 2.75) is 26.9 Å². The molecule has 0 atom stereocenters. The number of tetrazole rings is 1. The Morgan fingerprint density at radius 2 is 2.08 bits per heavy atom. The molecule has 9 heteroatoms. The number of carbonyl (C=O) groups excluding carboxylic acids is 1. The summed E-state index contributed by atoms with van der Waals surface area (Å²) in [5, 5.41) is 21.7. The van der Waals surface area contributed by atoms with Gasteiger partial charge in [0.25, 0.3) is 0 Å². The molecule has 0 unspecified atom stereocenters. The zero-order chi connectivity index (χ0) is 17.6. The number of carbonyl (C=O) groups is 1. The van der Waals surface area contributed by atoms with Crippen LogP contribution in [0.4, 0.5) is 11.4 Å². The topological polar surface area (TPSA) is 103 Å². The van der Waals surface area contributed by atoms with E-state index < -0.39 is 0 Å². The quantitative estimate of drug-likeness (QED) is 0.678. The van der Waals surface area contributed by atoms with E-state index in [4.69, 9.17) is 0 Å². The molecule has 0 spiro atoms. The molecule has 0 saturated heterocycles. The number of hydrogen-bond donors (Lipinski definition) is 2. The van der Waals surface area contributed by atoms with Crippen LogP contribution in [0, 0.1) is 0 Å². The lowest BCUT2D eigenvalue weighted by Crippen LogP contribution is -2.21. The molecule has 2 aromatic heterocycles. The summed E-state index contributed by atoms with van der Waals surface area (Å²) in [4.78, 5) is 12.1. The summed E-state index contributed by atoms with van der Waals surface area (Å²) in [5.74, 6) is 0.557. The van der Waals surface area contributed by atoms with Crippen LogP contribution in [0.3, 0.4) is 0 Å². The number of anilines is 2.